The van der Waals surface area contributed by atoms with Crippen molar-refractivity contribution in [1.29, 1.82) is 0 Å². The molecule has 0 bridgehead atoms. The number of hydrogen-bond acceptors (Lipinski definition) is 4. The van der Waals surface area contributed by atoms with E-state index in [1.54, 1.807) is 4.68 Å². The number of unbranched alkanes of at least 4 members (excludes halogenated alkanes) is 1. The number of aromatic nitrogens is 3. The van der Waals surface area contributed by atoms with E-state index in [-0.39, 0.29) is 5.91 Å². The number of rotatable bonds is 8. The van der Waals surface area contributed by atoms with Crippen molar-refractivity contribution >= 4 is 41.5 Å². The van der Waals surface area contributed by atoms with Crippen LogP contribution in [-0.2, 0) is 17.9 Å². The van der Waals surface area contributed by atoms with Gasteiger partial charge in [-0.05, 0) is 67.3 Å². The second kappa shape index (κ2) is 10.5. The number of halogens is 1. The number of nitrogens with zero attached hydrogens (tertiary/aromatic N) is 3. The van der Waals surface area contributed by atoms with Crippen molar-refractivity contribution in [3.05, 3.63) is 34.1 Å². The molecule has 2 heterocycles. The first-order valence-electron chi connectivity index (χ1n) is 9.89. The van der Waals surface area contributed by atoms with Gasteiger partial charge in [0.25, 0.3) is 0 Å². The SMILES string of the molecule is CCCCn1c(-c2ccc(Cl)cc2)nn(CCC(=O)NC2CCSCC2)c1=S. The van der Waals surface area contributed by atoms with Gasteiger partial charge in [0.15, 0.2) is 10.6 Å². The molecule has 1 saturated heterocycles. The van der Waals surface area contributed by atoms with Crippen LogP contribution in [0.3, 0.4) is 0 Å². The third kappa shape index (κ3) is 5.61. The van der Waals surface area contributed by atoms with Crippen LogP contribution in [0, 0.1) is 4.77 Å². The number of amides is 1. The van der Waals surface area contributed by atoms with E-state index in [0.29, 0.717) is 28.8 Å². The maximum Gasteiger partial charge on any atom is 0.222 e. The molecule has 1 aromatic heterocycles. The average molecular weight is 439 g/mol. The number of carbonyl (C=O) groups excluding carboxylic acids is 1. The summed E-state index contributed by atoms with van der Waals surface area (Å²) < 4.78 is 4.52. The minimum Gasteiger partial charge on any atom is -0.353 e. The largest absolute Gasteiger partial charge is 0.353 e. The Morgan fingerprint density at radius 2 is 2.00 bits per heavy atom. The third-order valence-corrected chi connectivity index (χ3v) is 6.63. The molecule has 0 unspecified atom stereocenters. The summed E-state index contributed by atoms with van der Waals surface area (Å²) in [6, 6.07) is 7.95. The summed E-state index contributed by atoms with van der Waals surface area (Å²) in [7, 11) is 0. The summed E-state index contributed by atoms with van der Waals surface area (Å²) in [4.78, 5) is 12.4. The average Bonchev–Trinajstić information content (AvgIpc) is 3.01. The van der Waals surface area contributed by atoms with Gasteiger partial charge < -0.3 is 5.32 Å². The lowest BCUT2D eigenvalue weighted by Crippen LogP contribution is -2.37. The van der Waals surface area contributed by atoms with E-state index in [1.165, 1.54) is 0 Å². The van der Waals surface area contributed by atoms with Crippen LogP contribution in [0.1, 0.15) is 39.0 Å². The maximum absolute atomic E-state index is 12.4. The Morgan fingerprint density at radius 1 is 1.29 bits per heavy atom. The van der Waals surface area contributed by atoms with Gasteiger partial charge in [0.1, 0.15) is 0 Å². The molecular formula is C20H27ClN4OS2. The van der Waals surface area contributed by atoms with E-state index in [9.17, 15) is 4.79 Å². The van der Waals surface area contributed by atoms with Crippen molar-refractivity contribution in [3.8, 4) is 11.4 Å². The van der Waals surface area contributed by atoms with Crippen molar-refractivity contribution in [2.45, 2.75) is 58.2 Å². The zero-order valence-electron chi connectivity index (χ0n) is 16.2. The van der Waals surface area contributed by atoms with Crippen molar-refractivity contribution in [1.82, 2.24) is 19.7 Å². The molecule has 0 spiro atoms. The predicted octanol–water partition coefficient (Wildman–Crippen LogP) is 4.94. The van der Waals surface area contributed by atoms with Crippen LogP contribution in [-0.4, -0.2) is 37.8 Å². The highest BCUT2D eigenvalue weighted by molar-refractivity contribution is 7.99. The molecule has 2 aromatic rings. The highest BCUT2D eigenvalue weighted by atomic mass is 35.5. The van der Waals surface area contributed by atoms with Gasteiger partial charge in [-0.1, -0.05) is 24.9 Å². The first-order chi connectivity index (χ1) is 13.6. The maximum atomic E-state index is 12.4. The number of nitrogens with one attached hydrogen (secondary N) is 1. The second-order valence-electron chi connectivity index (χ2n) is 7.05. The molecule has 1 aliphatic heterocycles. The van der Waals surface area contributed by atoms with Crippen LogP contribution >= 0.6 is 35.6 Å². The number of hydrogen-bond donors (Lipinski definition) is 1. The molecule has 5 nitrogen and oxygen atoms in total. The van der Waals surface area contributed by atoms with Gasteiger partial charge in [-0.3, -0.25) is 9.36 Å². The molecule has 152 valence electrons. The van der Waals surface area contributed by atoms with E-state index >= 15 is 0 Å². The lowest BCUT2D eigenvalue weighted by Gasteiger charge is -2.22. The van der Waals surface area contributed by atoms with Crippen LogP contribution in [0.25, 0.3) is 11.4 Å². The van der Waals surface area contributed by atoms with Gasteiger partial charge in [-0.2, -0.15) is 16.9 Å². The highest BCUT2D eigenvalue weighted by Gasteiger charge is 2.17. The monoisotopic (exact) mass is 438 g/mol. The Bertz CT molecular complexity index is 841. The molecule has 1 amide bonds. The number of thioether (sulfide) groups is 1. The fourth-order valence-corrected chi connectivity index (χ4v) is 4.81. The van der Waals surface area contributed by atoms with Gasteiger partial charge in [-0.15, -0.1) is 0 Å². The van der Waals surface area contributed by atoms with E-state index in [2.05, 4.69) is 16.8 Å². The van der Waals surface area contributed by atoms with Gasteiger partial charge >= 0.3 is 0 Å². The quantitative estimate of drug-likeness (QED) is 0.593. The molecule has 1 aliphatic rings. The Kier molecular flexibility index (Phi) is 8.00. The number of carbonyl (C=O) groups is 1. The lowest BCUT2D eigenvalue weighted by atomic mass is 10.1. The number of benzene rings is 1. The van der Waals surface area contributed by atoms with E-state index < -0.39 is 0 Å². The fraction of sp³-hybridized carbons (Fsp3) is 0.550. The molecule has 0 radical (unpaired) electrons. The molecule has 1 aromatic carbocycles. The van der Waals surface area contributed by atoms with Crippen molar-refractivity contribution in [2.75, 3.05) is 11.5 Å². The molecule has 0 aliphatic carbocycles. The first-order valence-corrected chi connectivity index (χ1v) is 11.8. The molecule has 1 fully saturated rings. The number of aryl methyl sites for hydroxylation is 1. The van der Waals surface area contributed by atoms with Crippen LogP contribution in [0.15, 0.2) is 24.3 Å². The molecule has 1 N–H and O–H groups in total. The Hall–Kier alpha value is -1.31. The van der Waals surface area contributed by atoms with Gasteiger partial charge in [0.05, 0.1) is 6.54 Å². The van der Waals surface area contributed by atoms with Crippen molar-refractivity contribution in [2.24, 2.45) is 0 Å². The van der Waals surface area contributed by atoms with Gasteiger partial charge in [0, 0.05) is 29.6 Å². The zero-order valence-corrected chi connectivity index (χ0v) is 18.6. The second-order valence-corrected chi connectivity index (χ2v) is 9.07. The molecule has 0 atom stereocenters. The summed E-state index contributed by atoms with van der Waals surface area (Å²) in [5, 5.41) is 8.58. The van der Waals surface area contributed by atoms with Crippen LogP contribution in [0.4, 0.5) is 0 Å². The summed E-state index contributed by atoms with van der Waals surface area (Å²) in [6.45, 7) is 3.47. The first kappa shape index (κ1) is 21.4. The zero-order chi connectivity index (χ0) is 19.9. The van der Waals surface area contributed by atoms with E-state index in [0.717, 1.165) is 55.1 Å². The normalized spacial score (nSPS) is 14.9. The molecule has 8 heteroatoms. The fourth-order valence-electron chi connectivity index (χ4n) is 3.27. The summed E-state index contributed by atoms with van der Waals surface area (Å²) in [6.07, 6.45) is 4.61. The standard InChI is InChI=1S/C20H27ClN4OS2/c1-2-3-11-24-19(15-4-6-16(21)7-5-15)23-25(20(24)27)12-8-18(26)22-17-9-13-28-14-10-17/h4-7,17H,2-3,8-14H2,1H3,(H,22,26). The van der Waals surface area contributed by atoms with E-state index in [1.807, 2.05) is 36.0 Å². The minimum absolute atomic E-state index is 0.0787. The van der Waals surface area contributed by atoms with Crippen LogP contribution < -0.4 is 5.32 Å². The molecular weight excluding hydrogens is 412 g/mol. The molecule has 28 heavy (non-hydrogen) atoms. The highest BCUT2D eigenvalue weighted by Crippen LogP contribution is 2.22. The van der Waals surface area contributed by atoms with Gasteiger partial charge in [-0.25, -0.2) is 4.68 Å². The minimum atomic E-state index is 0.0787. The summed E-state index contributed by atoms with van der Waals surface area (Å²) in [5.41, 5.74) is 0.981. The van der Waals surface area contributed by atoms with Crippen LogP contribution in [0.5, 0.6) is 0 Å². The molecule has 3 rings (SSSR count). The lowest BCUT2D eigenvalue weighted by molar-refractivity contribution is -0.122. The van der Waals surface area contributed by atoms with Gasteiger partial charge in [0.2, 0.25) is 5.91 Å². The smallest absolute Gasteiger partial charge is 0.222 e. The topological polar surface area (TPSA) is 51.9 Å². The third-order valence-electron chi connectivity index (χ3n) is 4.90. The Morgan fingerprint density at radius 3 is 2.68 bits per heavy atom. The van der Waals surface area contributed by atoms with Crippen molar-refractivity contribution in [3.63, 3.8) is 0 Å². The van der Waals surface area contributed by atoms with Crippen LogP contribution in [0.2, 0.25) is 5.02 Å². The molecule has 0 saturated carbocycles. The van der Waals surface area contributed by atoms with E-state index in [4.69, 9.17) is 28.9 Å². The summed E-state index contributed by atoms with van der Waals surface area (Å²) >= 11 is 13.7. The predicted molar refractivity (Wildman–Crippen MR) is 120 cm³/mol. The van der Waals surface area contributed by atoms with Crippen molar-refractivity contribution < 1.29 is 4.79 Å². The Balaban J connectivity index is 1.72. The summed E-state index contributed by atoms with van der Waals surface area (Å²) in [5.74, 6) is 3.17. The Labute approximate surface area is 180 Å².